The van der Waals surface area contributed by atoms with Crippen molar-refractivity contribution < 1.29 is 30.0 Å². The van der Waals surface area contributed by atoms with E-state index in [1.54, 1.807) is 11.3 Å². The highest BCUT2D eigenvalue weighted by Gasteiger charge is 2.29. The van der Waals surface area contributed by atoms with E-state index in [9.17, 15) is 9.59 Å². The quantitative estimate of drug-likeness (QED) is 0.282. The Labute approximate surface area is 223 Å². The molecule has 0 saturated carbocycles. The molecule has 10 nitrogen and oxygen atoms in total. The maximum absolute atomic E-state index is 9.77. The lowest BCUT2D eigenvalue weighted by molar-refractivity contribution is -0.165. The second-order valence-electron chi connectivity index (χ2n) is 8.31. The summed E-state index contributed by atoms with van der Waals surface area (Å²) in [5.41, 5.74) is 9.39. The molecule has 3 aromatic rings. The van der Waals surface area contributed by atoms with Crippen LogP contribution in [0.15, 0.2) is 54.6 Å². The SMILES string of the molecule is Nc1nc(-c2ccccc2)c(CCN2CCN(c3cccc(Cl)c3)CC2)s1.O=C(O)C(O)C(O)C(=O)O. The maximum Gasteiger partial charge on any atom is 0.335 e. The van der Waals surface area contributed by atoms with Crippen molar-refractivity contribution in [2.24, 2.45) is 0 Å². The number of nitrogen functional groups attached to an aromatic ring is 1. The van der Waals surface area contributed by atoms with Gasteiger partial charge in [0, 0.05) is 53.9 Å². The molecule has 1 aliphatic heterocycles. The second kappa shape index (κ2) is 13.4. The average molecular weight is 549 g/mol. The van der Waals surface area contributed by atoms with Crippen LogP contribution >= 0.6 is 22.9 Å². The number of carboxylic acids is 2. The van der Waals surface area contributed by atoms with Crippen LogP contribution in [0.5, 0.6) is 0 Å². The van der Waals surface area contributed by atoms with Crippen molar-refractivity contribution in [3.05, 3.63) is 64.5 Å². The fourth-order valence-electron chi connectivity index (χ4n) is 3.79. The highest BCUT2D eigenvalue weighted by molar-refractivity contribution is 7.15. The minimum Gasteiger partial charge on any atom is -0.479 e. The fraction of sp³-hybridized carbons (Fsp3) is 0.320. The number of aromatic nitrogens is 1. The van der Waals surface area contributed by atoms with Crippen molar-refractivity contribution >= 4 is 45.7 Å². The van der Waals surface area contributed by atoms with E-state index in [0.29, 0.717) is 5.13 Å². The number of carboxylic acid groups (broad SMARTS) is 2. The number of aliphatic carboxylic acids is 2. The molecule has 2 atom stereocenters. The first-order valence-corrected chi connectivity index (χ1v) is 12.7. The number of nitrogens with two attached hydrogens (primary N) is 1. The number of aliphatic hydroxyl groups excluding tert-OH is 2. The van der Waals surface area contributed by atoms with Crippen molar-refractivity contribution in [3.63, 3.8) is 0 Å². The summed E-state index contributed by atoms with van der Waals surface area (Å²) < 4.78 is 0. The average Bonchev–Trinajstić information content (AvgIpc) is 3.28. The van der Waals surface area contributed by atoms with Crippen LogP contribution < -0.4 is 10.6 Å². The summed E-state index contributed by atoms with van der Waals surface area (Å²) in [5, 5.41) is 34.0. The number of rotatable bonds is 8. The van der Waals surface area contributed by atoms with Gasteiger partial charge in [0.15, 0.2) is 17.3 Å². The number of piperazine rings is 1. The van der Waals surface area contributed by atoms with E-state index in [2.05, 4.69) is 33.0 Å². The van der Waals surface area contributed by atoms with Gasteiger partial charge in [0.2, 0.25) is 0 Å². The van der Waals surface area contributed by atoms with E-state index < -0.39 is 24.1 Å². The maximum atomic E-state index is 9.77. The zero-order chi connectivity index (χ0) is 26.9. The molecule has 198 valence electrons. The van der Waals surface area contributed by atoms with Gasteiger partial charge < -0.3 is 31.1 Å². The Kier molecular flexibility index (Phi) is 10.2. The molecule has 1 aliphatic rings. The van der Waals surface area contributed by atoms with E-state index in [0.717, 1.165) is 55.4 Å². The monoisotopic (exact) mass is 548 g/mol. The second-order valence-corrected chi connectivity index (χ2v) is 9.87. The predicted molar refractivity (Wildman–Crippen MR) is 143 cm³/mol. The number of carbonyl (C=O) groups is 2. The van der Waals surface area contributed by atoms with Gasteiger partial charge in [-0.05, 0) is 24.6 Å². The van der Waals surface area contributed by atoms with E-state index in [-0.39, 0.29) is 0 Å². The van der Waals surface area contributed by atoms with Gasteiger partial charge in [-0.15, -0.1) is 11.3 Å². The molecule has 1 aromatic heterocycles. The molecule has 2 heterocycles. The minimum atomic E-state index is -2.27. The Bertz CT molecular complexity index is 1170. The summed E-state index contributed by atoms with van der Waals surface area (Å²) in [4.78, 5) is 30.3. The molecule has 1 fully saturated rings. The molecule has 0 spiro atoms. The van der Waals surface area contributed by atoms with Gasteiger partial charge in [-0.25, -0.2) is 14.6 Å². The number of aliphatic hydroxyl groups is 2. The first kappa shape index (κ1) is 28.4. The summed E-state index contributed by atoms with van der Waals surface area (Å²) in [5.74, 6) is -3.54. The van der Waals surface area contributed by atoms with Crippen LogP contribution in [-0.2, 0) is 16.0 Å². The Morgan fingerprint density at radius 3 is 2.16 bits per heavy atom. The molecule has 0 amide bonds. The summed E-state index contributed by atoms with van der Waals surface area (Å²) in [7, 11) is 0. The molecule has 37 heavy (non-hydrogen) atoms. The summed E-state index contributed by atoms with van der Waals surface area (Å²) >= 11 is 7.74. The van der Waals surface area contributed by atoms with Crippen molar-refractivity contribution in [2.45, 2.75) is 18.6 Å². The lowest BCUT2D eigenvalue weighted by Crippen LogP contribution is -2.46. The number of nitrogens with zero attached hydrogens (tertiary/aromatic N) is 3. The van der Waals surface area contributed by atoms with Crippen molar-refractivity contribution in [3.8, 4) is 11.3 Å². The largest absolute Gasteiger partial charge is 0.479 e. The first-order valence-electron chi connectivity index (χ1n) is 11.5. The number of anilines is 2. The molecular weight excluding hydrogens is 520 g/mol. The normalized spacial score (nSPS) is 15.4. The Hall–Kier alpha value is -3.22. The van der Waals surface area contributed by atoms with Gasteiger partial charge in [0.05, 0.1) is 5.69 Å². The third-order valence-electron chi connectivity index (χ3n) is 5.77. The van der Waals surface area contributed by atoms with Crippen molar-refractivity contribution in [2.75, 3.05) is 43.4 Å². The smallest absolute Gasteiger partial charge is 0.335 e. The number of hydrogen-bond donors (Lipinski definition) is 5. The zero-order valence-electron chi connectivity index (χ0n) is 19.9. The summed E-state index contributed by atoms with van der Waals surface area (Å²) in [6, 6.07) is 18.4. The van der Waals surface area contributed by atoms with Gasteiger partial charge in [0.1, 0.15) is 0 Å². The van der Waals surface area contributed by atoms with Gasteiger partial charge in [-0.1, -0.05) is 48.0 Å². The molecule has 0 radical (unpaired) electrons. The van der Waals surface area contributed by atoms with Gasteiger partial charge in [0.25, 0.3) is 0 Å². The Morgan fingerprint density at radius 1 is 0.973 bits per heavy atom. The van der Waals surface area contributed by atoms with Crippen molar-refractivity contribution in [1.82, 2.24) is 9.88 Å². The van der Waals surface area contributed by atoms with Gasteiger partial charge in [-0.2, -0.15) is 0 Å². The Balaban J connectivity index is 0.000000325. The van der Waals surface area contributed by atoms with Crippen LogP contribution in [0.4, 0.5) is 10.8 Å². The summed E-state index contributed by atoms with van der Waals surface area (Å²) in [6.07, 6.45) is -3.55. The lowest BCUT2D eigenvalue weighted by atomic mass is 10.1. The third-order valence-corrected chi connectivity index (χ3v) is 6.95. The number of halogens is 1. The molecule has 0 bridgehead atoms. The van der Waals surface area contributed by atoms with Crippen LogP contribution in [-0.4, -0.2) is 87.2 Å². The highest BCUT2D eigenvalue weighted by Crippen LogP contribution is 2.30. The molecule has 1 saturated heterocycles. The van der Waals surface area contributed by atoms with E-state index in [1.807, 2.05) is 36.4 Å². The topological polar surface area (TPSA) is 160 Å². The third kappa shape index (κ3) is 8.14. The van der Waals surface area contributed by atoms with E-state index >= 15 is 0 Å². The molecule has 2 unspecified atom stereocenters. The highest BCUT2D eigenvalue weighted by atomic mass is 35.5. The fourth-order valence-corrected chi connectivity index (χ4v) is 4.82. The molecule has 4 rings (SSSR count). The summed E-state index contributed by atoms with van der Waals surface area (Å²) in [6.45, 7) is 5.20. The van der Waals surface area contributed by atoms with Crippen LogP contribution in [0.25, 0.3) is 11.3 Å². The van der Waals surface area contributed by atoms with Gasteiger partial charge >= 0.3 is 11.9 Å². The van der Waals surface area contributed by atoms with Crippen LogP contribution in [0.1, 0.15) is 4.88 Å². The number of benzene rings is 2. The minimum absolute atomic E-state index is 0.648. The number of hydrogen-bond acceptors (Lipinski definition) is 9. The van der Waals surface area contributed by atoms with Crippen LogP contribution in [0.2, 0.25) is 5.02 Å². The molecule has 2 aromatic carbocycles. The molecule has 6 N–H and O–H groups in total. The van der Waals surface area contributed by atoms with Crippen LogP contribution in [0.3, 0.4) is 0 Å². The lowest BCUT2D eigenvalue weighted by Gasteiger charge is -2.36. The Morgan fingerprint density at radius 2 is 1.59 bits per heavy atom. The zero-order valence-corrected chi connectivity index (χ0v) is 21.5. The standard InChI is InChI=1S/C21H23ClN4S.C4H6O6/c22-17-7-4-8-18(15-17)26-13-11-25(12-14-26)10-9-19-20(24-21(23)27-19)16-5-2-1-3-6-16;5-1(3(7)8)2(6)4(9)10/h1-8,15H,9-14H2,(H2,23,24);1-2,5-6H,(H,7,8)(H,9,10). The van der Waals surface area contributed by atoms with Crippen molar-refractivity contribution in [1.29, 1.82) is 0 Å². The predicted octanol–water partition coefficient (Wildman–Crippen LogP) is 2.29. The van der Waals surface area contributed by atoms with Crippen LogP contribution in [0, 0.1) is 0 Å². The van der Waals surface area contributed by atoms with Gasteiger partial charge in [-0.3, -0.25) is 4.90 Å². The first-order chi connectivity index (χ1) is 17.7. The number of thiazole rings is 1. The molecule has 12 heteroatoms. The molecule has 0 aliphatic carbocycles. The van der Waals surface area contributed by atoms with E-state index in [1.165, 1.54) is 10.6 Å². The molecular formula is C25H29ClN4O6S. The van der Waals surface area contributed by atoms with E-state index in [4.69, 9.17) is 37.8 Å².